The van der Waals surface area contributed by atoms with Crippen LogP contribution in [0.4, 0.5) is 4.39 Å². The summed E-state index contributed by atoms with van der Waals surface area (Å²) in [6, 6.07) is 8.65. The minimum Gasteiger partial charge on any atom is -0.490 e. The molecular formula is C24H25FN6O2. The van der Waals surface area contributed by atoms with Crippen molar-refractivity contribution < 1.29 is 13.9 Å². The summed E-state index contributed by atoms with van der Waals surface area (Å²) in [6.07, 6.45) is 5.50. The fourth-order valence-electron chi connectivity index (χ4n) is 3.99. The van der Waals surface area contributed by atoms with Crippen LogP contribution in [0.25, 0.3) is 33.6 Å². The second-order valence-corrected chi connectivity index (χ2v) is 7.92. The van der Waals surface area contributed by atoms with E-state index in [-0.39, 0.29) is 5.82 Å². The van der Waals surface area contributed by atoms with Crippen LogP contribution in [0.5, 0.6) is 5.75 Å². The minimum absolute atomic E-state index is 0.313. The second-order valence-electron chi connectivity index (χ2n) is 7.92. The Bertz CT molecular complexity index is 1260. The predicted octanol–water partition coefficient (Wildman–Crippen LogP) is 3.28. The lowest BCUT2D eigenvalue weighted by Crippen LogP contribution is -2.28. The van der Waals surface area contributed by atoms with E-state index in [0.717, 1.165) is 59.0 Å². The SMILES string of the molecule is COCCOc1cc(F)ccc1-c1cnc(-c2cnn(C)c2)cc1-c1cc2n(n1)CCNC2. The summed E-state index contributed by atoms with van der Waals surface area (Å²) in [6.45, 7) is 3.18. The van der Waals surface area contributed by atoms with Gasteiger partial charge in [-0.1, -0.05) is 0 Å². The molecule has 0 radical (unpaired) electrons. The van der Waals surface area contributed by atoms with Crippen molar-refractivity contribution in [2.45, 2.75) is 13.1 Å². The van der Waals surface area contributed by atoms with Crippen molar-refractivity contribution in [1.82, 2.24) is 29.9 Å². The zero-order chi connectivity index (χ0) is 22.8. The van der Waals surface area contributed by atoms with Crippen molar-refractivity contribution in [1.29, 1.82) is 0 Å². The maximum atomic E-state index is 14.1. The van der Waals surface area contributed by atoms with Crippen LogP contribution in [0.15, 0.2) is 48.9 Å². The number of aryl methyl sites for hydroxylation is 1. The molecule has 0 saturated heterocycles. The number of nitrogens with zero attached hydrogens (tertiary/aromatic N) is 5. The molecule has 0 spiro atoms. The van der Waals surface area contributed by atoms with Gasteiger partial charge in [0, 0.05) is 68.0 Å². The number of rotatable bonds is 7. The lowest BCUT2D eigenvalue weighted by atomic mass is 9.97. The van der Waals surface area contributed by atoms with Gasteiger partial charge in [0.1, 0.15) is 18.2 Å². The molecule has 1 N–H and O–H groups in total. The quantitative estimate of drug-likeness (QED) is 0.437. The van der Waals surface area contributed by atoms with Gasteiger partial charge in [0.15, 0.2) is 0 Å². The van der Waals surface area contributed by atoms with Gasteiger partial charge in [0.2, 0.25) is 0 Å². The van der Waals surface area contributed by atoms with Crippen molar-refractivity contribution >= 4 is 0 Å². The highest BCUT2D eigenvalue weighted by atomic mass is 19.1. The first-order valence-electron chi connectivity index (χ1n) is 10.8. The number of hydrogen-bond donors (Lipinski definition) is 1. The monoisotopic (exact) mass is 448 g/mol. The van der Waals surface area contributed by atoms with Gasteiger partial charge in [-0.3, -0.25) is 14.3 Å². The third-order valence-corrected chi connectivity index (χ3v) is 5.63. The van der Waals surface area contributed by atoms with E-state index in [2.05, 4.69) is 16.5 Å². The van der Waals surface area contributed by atoms with E-state index in [1.54, 1.807) is 30.3 Å². The minimum atomic E-state index is -0.365. The van der Waals surface area contributed by atoms with Crippen LogP contribution in [0.3, 0.4) is 0 Å². The Hall–Kier alpha value is -3.56. The largest absolute Gasteiger partial charge is 0.490 e. The Morgan fingerprint density at radius 2 is 1.97 bits per heavy atom. The zero-order valence-electron chi connectivity index (χ0n) is 18.6. The lowest BCUT2D eigenvalue weighted by Gasteiger charge is -2.15. The lowest BCUT2D eigenvalue weighted by molar-refractivity contribution is 0.146. The standard InChI is InChI=1S/C24H25FN6O2/c1-30-15-16(12-28-30)22-11-20(23-10-18-13-26-5-6-31(18)29-23)21(14-27-22)19-4-3-17(25)9-24(19)33-8-7-32-2/h3-4,9-12,14-15,26H,5-8,13H2,1-2H3. The van der Waals surface area contributed by atoms with Crippen LogP contribution < -0.4 is 10.1 Å². The van der Waals surface area contributed by atoms with Crippen LogP contribution in [0.1, 0.15) is 5.69 Å². The first-order chi connectivity index (χ1) is 16.1. The molecule has 0 bridgehead atoms. The fraction of sp³-hybridized carbons (Fsp3) is 0.292. The fourth-order valence-corrected chi connectivity index (χ4v) is 3.99. The van der Waals surface area contributed by atoms with E-state index >= 15 is 0 Å². The number of benzene rings is 1. The van der Waals surface area contributed by atoms with Crippen molar-refractivity contribution in [3.63, 3.8) is 0 Å². The van der Waals surface area contributed by atoms with Gasteiger partial charge >= 0.3 is 0 Å². The Morgan fingerprint density at radius 3 is 2.76 bits per heavy atom. The summed E-state index contributed by atoms with van der Waals surface area (Å²) in [5.41, 5.74) is 6.12. The van der Waals surface area contributed by atoms with Crippen molar-refractivity contribution in [2.75, 3.05) is 26.9 Å². The average molecular weight is 449 g/mol. The van der Waals surface area contributed by atoms with E-state index in [9.17, 15) is 4.39 Å². The van der Waals surface area contributed by atoms with Crippen molar-refractivity contribution in [3.05, 3.63) is 60.4 Å². The van der Waals surface area contributed by atoms with Crippen LogP contribution in [-0.4, -0.2) is 51.4 Å². The van der Waals surface area contributed by atoms with E-state index in [0.29, 0.717) is 19.0 Å². The molecule has 1 aliphatic heterocycles. The number of pyridine rings is 1. The normalized spacial score (nSPS) is 13.2. The number of hydrogen-bond acceptors (Lipinski definition) is 6. The summed E-state index contributed by atoms with van der Waals surface area (Å²) >= 11 is 0. The molecule has 1 aliphatic rings. The van der Waals surface area contributed by atoms with Crippen LogP contribution in [0.2, 0.25) is 0 Å². The Labute approximate surface area is 191 Å². The topological polar surface area (TPSA) is 79.0 Å². The zero-order valence-corrected chi connectivity index (χ0v) is 18.6. The Kier molecular flexibility index (Phi) is 5.89. The highest BCUT2D eigenvalue weighted by Crippen LogP contribution is 2.39. The van der Waals surface area contributed by atoms with Gasteiger partial charge in [-0.05, 0) is 24.3 Å². The maximum Gasteiger partial charge on any atom is 0.130 e. The molecule has 0 aliphatic carbocycles. The molecule has 0 atom stereocenters. The van der Waals surface area contributed by atoms with Gasteiger partial charge in [-0.15, -0.1) is 0 Å². The van der Waals surface area contributed by atoms with Gasteiger partial charge < -0.3 is 14.8 Å². The van der Waals surface area contributed by atoms with Crippen LogP contribution >= 0.6 is 0 Å². The number of aromatic nitrogens is 5. The molecule has 4 aromatic rings. The van der Waals surface area contributed by atoms with Gasteiger partial charge in [0.25, 0.3) is 0 Å². The van der Waals surface area contributed by atoms with E-state index in [4.69, 9.17) is 19.6 Å². The smallest absolute Gasteiger partial charge is 0.130 e. The first kappa shape index (κ1) is 21.3. The number of ether oxygens (including phenoxy) is 2. The molecule has 33 heavy (non-hydrogen) atoms. The third kappa shape index (κ3) is 4.37. The van der Waals surface area contributed by atoms with Gasteiger partial charge in [-0.2, -0.15) is 10.2 Å². The summed E-state index contributed by atoms with van der Waals surface area (Å²) in [4.78, 5) is 4.69. The number of nitrogens with one attached hydrogen (secondary N) is 1. The van der Waals surface area contributed by atoms with Crippen molar-refractivity contribution in [3.8, 4) is 39.4 Å². The average Bonchev–Trinajstić information content (AvgIpc) is 3.45. The van der Waals surface area contributed by atoms with Crippen LogP contribution in [-0.2, 0) is 24.9 Å². The molecule has 0 saturated carbocycles. The molecule has 0 fully saturated rings. The predicted molar refractivity (Wildman–Crippen MR) is 122 cm³/mol. The molecule has 1 aromatic carbocycles. The number of methoxy groups -OCH3 is 1. The first-order valence-corrected chi connectivity index (χ1v) is 10.8. The van der Waals surface area contributed by atoms with Gasteiger partial charge in [-0.25, -0.2) is 4.39 Å². The molecule has 170 valence electrons. The Morgan fingerprint density at radius 1 is 1.06 bits per heavy atom. The molecule has 5 rings (SSSR count). The summed E-state index contributed by atoms with van der Waals surface area (Å²) < 4.78 is 28.8. The van der Waals surface area contributed by atoms with Crippen LogP contribution in [0, 0.1) is 5.82 Å². The maximum absolute atomic E-state index is 14.1. The summed E-state index contributed by atoms with van der Waals surface area (Å²) in [7, 11) is 3.47. The second kappa shape index (κ2) is 9.13. The molecule has 9 heteroatoms. The molecular weight excluding hydrogens is 423 g/mol. The number of fused-ring (bicyclic) bond motifs is 1. The molecule has 8 nitrogen and oxygen atoms in total. The third-order valence-electron chi connectivity index (χ3n) is 5.63. The summed E-state index contributed by atoms with van der Waals surface area (Å²) in [5.74, 6) is 0.0750. The molecule has 4 heterocycles. The highest BCUT2D eigenvalue weighted by molar-refractivity contribution is 5.86. The summed E-state index contributed by atoms with van der Waals surface area (Å²) in [5, 5.41) is 12.5. The van der Waals surface area contributed by atoms with E-state index in [1.807, 2.05) is 24.0 Å². The Balaban J connectivity index is 1.65. The number of halogens is 1. The van der Waals surface area contributed by atoms with Gasteiger partial charge in [0.05, 0.1) is 36.4 Å². The highest BCUT2D eigenvalue weighted by Gasteiger charge is 2.20. The van der Waals surface area contributed by atoms with Crippen molar-refractivity contribution in [2.24, 2.45) is 7.05 Å². The molecule has 3 aromatic heterocycles. The van der Waals surface area contributed by atoms with E-state index < -0.39 is 0 Å². The molecule has 0 amide bonds. The molecule has 0 unspecified atom stereocenters. The van der Waals surface area contributed by atoms with E-state index in [1.165, 1.54) is 12.1 Å².